The number of carbonyl (C=O) groups excluding carboxylic acids is 2. The molecule has 212 valence electrons. The van der Waals surface area contributed by atoms with E-state index in [4.69, 9.17) is 0 Å². The Kier molecular flexibility index (Phi) is 5.97. The minimum Gasteiger partial charge on any atom is -0.293 e. The number of Topliss-reactive ketones (excluding diaryl/α,β-unsaturated/α-hetero) is 2. The summed E-state index contributed by atoms with van der Waals surface area (Å²) in [6.45, 7) is 3.66. The SMILES string of the molecule is Cc1cccc(C)c1-n1c(C=C2C(=O)c3cc4ccccc4cc3C2=O)cc2sc(-c3c(F)c(F)c(F)c(F)c3F)nc21. The summed E-state index contributed by atoms with van der Waals surface area (Å²) in [7, 11) is 0. The van der Waals surface area contributed by atoms with Crippen molar-refractivity contribution in [2.24, 2.45) is 0 Å². The standard InChI is InChI=1S/C33H17F5N2O2S/c1-14-6-5-7-15(2)29(14)40-18(12-21-30(41)19-10-16-8-3-4-9-17(16)11-20(19)31(21)42)13-22-32(40)39-33(43-22)23-24(34)26(36)28(38)27(37)25(23)35/h3-13H,1-2H3. The largest absolute Gasteiger partial charge is 0.293 e. The van der Waals surface area contributed by atoms with Gasteiger partial charge < -0.3 is 0 Å². The number of nitrogens with zero attached hydrogens (tertiary/aromatic N) is 2. The number of ketones is 2. The summed E-state index contributed by atoms with van der Waals surface area (Å²) in [5, 5.41) is 1.21. The molecular weight excluding hydrogens is 583 g/mol. The molecule has 0 fully saturated rings. The number of allylic oxidation sites excluding steroid dienone is 1. The maximum absolute atomic E-state index is 14.7. The lowest BCUT2D eigenvalue weighted by molar-refractivity contribution is 0.0990. The fourth-order valence-corrected chi connectivity index (χ4v) is 6.62. The summed E-state index contributed by atoms with van der Waals surface area (Å²) in [4.78, 5) is 31.3. The molecule has 10 heteroatoms. The zero-order chi connectivity index (χ0) is 30.3. The molecule has 0 unspecified atom stereocenters. The highest BCUT2D eigenvalue weighted by Crippen LogP contribution is 2.40. The zero-order valence-electron chi connectivity index (χ0n) is 22.4. The molecule has 7 rings (SSSR count). The first-order valence-corrected chi connectivity index (χ1v) is 13.8. The molecular formula is C33H17F5N2O2S. The first-order valence-electron chi connectivity index (χ1n) is 13.0. The third-order valence-corrected chi connectivity index (χ3v) is 8.64. The molecule has 0 spiro atoms. The van der Waals surface area contributed by atoms with Crippen molar-refractivity contribution < 1.29 is 31.5 Å². The van der Waals surface area contributed by atoms with Crippen LogP contribution in [0.1, 0.15) is 37.5 Å². The summed E-state index contributed by atoms with van der Waals surface area (Å²) in [5.41, 5.74) is 2.10. The van der Waals surface area contributed by atoms with Gasteiger partial charge in [0.15, 0.2) is 40.5 Å². The monoisotopic (exact) mass is 600 g/mol. The molecule has 0 saturated carbocycles. The van der Waals surface area contributed by atoms with E-state index < -0.39 is 51.2 Å². The van der Waals surface area contributed by atoms with E-state index in [-0.39, 0.29) is 22.3 Å². The molecule has 43 heavy (non-hydrogen) atoms. The van der Waals surface area contributed by atoms with Gasteiger partial charge in [0, 0.05) is 11.1 Å². The van der Waals surface area contributed by atoms with E-state index in [0.29, 0.717) is 16.1 Å². The number of fused-ring (bicyclic) bond motifs is 3. The van der Waals surface area contributed by atoms with Crippen LogP contribution in [0, 0.1) is 42.9 Å². The summed E-state index contributed by atoms with van der Waals surface area (Å²) in [6, 6.07) is 17.8. The van der Waals surface area contributed by atoms with Crippen molar-refractivity contribution in [3.8, 4) is 16.3 Å². The van der Waals surface area contributed by atoms with Crippen LogP contribution in [0.25, 0.3) is 43.5 Å². The van der Waals surface area contributed by atoms with Gasteiger partial charge in [-0.1, -0.05) is 42.5 Å². The van der Waals surface area contributed by atoms with Crippen molar-refractivity contribution in [3.63, 3.8) is 0 Å². The quantitative estimate of drug-likeness (QED) is 0.0672. The molecule has 6 aromatic rings. The van der Waals surface area contributed by atoms with Crippen LogP contribution in [0.3, 0.4) is 0 Å². The van der Waals surface area contributed by atoms with Gasteiger partial charge >= 0.3 is 0 Å². The topological polar surface area (TPSA) is 52.0 Å². The normalized spacial score (nSPS) is 13.0. The molecule has 1 aliphatic carbocycles. The van der Waals surface area contributed by atoms with E-state index in [2.05, 4.69) is 4.98 Å². The first kappa shape index (κ1) is 26.9. The average Bonchev–Trinajstić information content (AvgIpc) is 3.61. The Bertz CT molecular complexity index is 2160. The molecule has 0 saturated heterocycles. The molecule has 0 aliphatic heterocycles. The number of carbonyl (C=O) groups is 2. The van der Waals surface area contributed by atoms with Gasteiger partial charge in [-0.15, -0.1) is 11.3 Å². The Morgan fingerprint density at radius 3 is 1.81 bits per heavy atom. The molecule has 4 nitrogen and oxygen atoms in total. The highest BCUT2D eigenvalue weighted by Gasteiger charge is 2.34. The molecule has 2 aromatic heterocycles. The van der Waals surface area contributed by atoms with Gasteiger partial charge in [-0.3, -0.25) is 14.2 Å². The van der Waals surface area contributed by atoms with Gasteiger partial charge in [-0.2, -0.15) is 0 Å². The molecule has 2 heterocycles. The lowest BCUT2D eigenvalue weighted by Crippen LogP contribution is -2.06. The Labute approximate surface area is 244 Å². The number of hydrogen-bond acceptors (Lipinski definition) is 4. The number of rotatable bonds is 3. The Hall–Kier alpha value is -4.96. The summed E-state index contributed by atoms with van der Waals surface area (Å²) in [5.74, 6) is -11.3. The van der Waals surface area contributed by atoms with E-state index >= 15 is 0 Å². The number of halogens is 5. The van der Waals surface area contributed by atoms with Gasteiger partial charge in [-0.05, 0) is 60.0 Å². The number of aromatic nitrogens is 2. The van der Waals surface area contributed by atoms with Gasteiger partial charge in [0.2, 0.25) is 5.82 Å². The molecule has 0 amide bonds. The number of aryl methyl sites for hydroxylation is 2. The van der Waals surface area contributed by atoms with Crippen LogP contribution >= 0.6 is 11.3 Å². The maximum Gasteiger partial charge on any atom is 0.200 e. The van der Waals surface area contributed by atoms with Crippen molar-refractivity contribution in [2.75, 3.05) is 0 Å². The van der Waals surface area contributed by atoms with Crippen molar-refractivity contribution >= 4 is 50.1 Å². The molecule has 4 aromatic carbocycles. The van der Waals surface area contributed by atoms with Crippen LogP contribution in [0.5, 0.6) is 0 Å². The Morgan fingerprint density at radius 2 is 1.26 bits per heavy atom. The molecule has 0 bridgehead atoms. The summed E-state index contributed by atoms with van der Waals surface area (Å²) in [6.07, 6.45) is 1.45. The van der Waals surface area contributed by atoms with Crippen LogP contribution < -0.4 is 0 Å². The second-order valence-corrected chi connectivity index (χ2v) is 11.3. The summed E-state index contributed by atoms with van der Waals surface area (Å²) >= 11 is 0.725. The van der Waals surface area contributed by atoms with Crippen molar-refractivity contribution in [2.45, 2.75) is 13.8 Å². The maximum atomic E-state index is 14.7. The van der Waals surface area contributed by atoms with Crippen LogP contribution in [-0.2, 0) is 0 Å². The van der Waals surface area contributed by atoms with Gasteiger partial charge in [0.05, 0.1) is 27.2 Å². The zero-order valence-corrected chi connectivity index (χ0v) is 23.2. The third-order valence-electron chi connectivity index (χ3n) is 7.63. The van der Waals surface area contributed by atoms with Gasteiger partial charge in [0.1, 0.15) is 5.01 Å². The molecule has 0 radical (unpaired) electrons. The summed E-state index contributed by atoms with van der Waals surface area (Å²) < 4.78 is 73.1. The lowest BCUT2D eigenvalue weighted by Gasteiger charge is -2.14. The van der Waals surface area contributed by atoms with E-state index in [0.717, 1.165) is 33.2 Å². The minimum atomic E-state index is -2.26. The van der Waals surface area contributed by atoms with Gasteiger partial charge in [0.25, 0.3) is 0 Å². The highest BCUT2D eigenvalue weighted by molar-refractivity contribution is 7.21. The van der Waals surface area contributed by atoms with E-state index in [1.807, 2.05) is 56.3 Å². The Balaban J connectivity index is 1.46. The van der Waals surface area contributed by atoms with Crippen LogP contribution in [0.4, 0.5) is 22.0 Å². The van der Waals surface area contributed by atoms with Crippen molar-refractivity contribution in [3.05, 3.63) is 123 Å². The van der Waals surface area contributed by atoms with E-state index in [1.165, 1.54) is 6.08 Å². The predicted molar refractivity (Wildman–Crippen MR) is 154 cm³/mol. The fourth-order valence-electron chi connectivity index (χ4n) is 5.59. The molecule has 0 atom stereocenters. The average molecular weight is 601 g/mol. The van der Waals surface area contributed by atoms with Crippen molar-refractivity contribution in [1.82, 2.24) is 9.55 Å². The third kappa shape index (κ3) is 3.90. The highest BCUT2D eigenvalue weighted by atomic mass is 32.1. The number of para-hydroxylation sites is 1. The second-order valence-electron chi connectivity index (χ2n) is 10.3. The molecule has 1 aliphatic rings. The predicted octanol–water partition coefficient (Wildman–Crippen LogP) is 8.68. The Morgan fingerprint density at radius 1 is 0.721 bits per heavy atom. The number of thiazole rings is 1. The smallest absolute Gasteiger partial charge is 0.200 e. The van der Waals surface area contributed by atoms with Crippen molar-refractivity contribution in [1.29, 1.82) is 0 Å². The fraction of sp³-hybridized carbons (Fsp3) is 0.0606. The molecule has 0 N–H and O–H groups in total. The van der Waals surface area contributed by atoms with E-state index in [1.54, 1.807) is 22.8 Å². The lowest BCUT2D eigenvalue weighted by atomic mass is 10.0. The number of hydrogen-bond donors (Lipinski definition) is 0. The number of benzene rings is 4. The minimum absolute atomic E-state index is 0.0667. The second kappa shape index (κ2) is 9.53. The van der Waals surface area contributed by atoms with Crippen LogP contribution in [0.15, 0.2) is 66.2 Å². The van der Waals surface area contributed by atoms with Crippen LogP contribution in [-0.4, -0.2) is 21.1 Å². The van der Waals surface area contributed by atoms with E-state index in [9.17, 15) is 31.5 Å². The first-order chi connectivity index (χ1) is 20.6. The van der Waals surface area contributed by atoms with Crippen LogP contribution in [0.2, 0.25) is 0 Å². The van der Waals surface area contributed by atoms with Gasteiger partial charge in [-0.25, -0.2) is 26.9 Å².